The number of ether oxygens (including phenoxy) is 3. The molecule has 14 heteroatoms. The molecule has 0 aliphatic rings. The highest BCUT2D eigenvalue weighted by molar-refractivity contribution is 7.89. The van der Waals surface area contributed by atoms with E-state index in [4.69, 9.17) is 31.0 Å². The fraction of sp³-hybridized carbons (Fsp3) is 0.364. The van der Waals surface area contributed by atoms with Gasteiger partial charge in [-0.25, -0.2) is 23.1 Å². The van der Waals surface area contributed by atoms with Crippen LogP contribution in [0.4, 0.5) is 9.18 Å². The van der Waals surface area contributed by atoms with Gasteiger partial charge in [-0.2, -0.15) is 4.31 Å². The number of hydrogen-bond acceptors (Lipinski definition) is 8. The van der Waals surface area contributed by atoms with Crippen molar-refractivity contribution in [2.24, 2.45) is 0 Å². The van der Waals surface area contributed by atoms with Gasteiger partial charge in [0.05, 0.1) is 18.0 Å². The number of sulfonamides is 1. The van der Waals surface area contributed by atoms with Crippen LogP contribution in [0.25, 0.3) is 0 Å². The first-order chi connectivity index (χ1) is 17.1. The Bertz CT molecular complexity index is 1130. The Morgan fingerprint density at radius 3 is 2.39 bits per heavy atom. The molecule has 198 valence electrons. The lowest BCUT2D eigenvalue weighted by Gasteiger charge is -2.26. The molecule has 0 heterocycles. The Balaban J connectivity index is 2.22. The number of likely N-dealkylation sites (N-methyl/N-ethyl adjacent to an activating group) is 1. The lowest BCUT2D eigenvalue weighted by atomic mass is 10.3. The fourth-order valence-corrected chi connectivity index (χ4v) is 4.42. The molecule has 0 bridgehead atoms. The van der Waals surface area contributed by atoms with Crippen molar-refractivity contribution in [3.63, 3.8) is 0 Å². The average Bonchev–Trinajstić information content (AvgIpc) is 2.86. The van der Waals surface area contributed by atoms with Gasteiger partial charge in [0.2, 0.25) is 10.0 Å². The van der Waals surface area contributed by atoms with Crippen LogP contribution in [0.1, 0.15) is 6.92 Å². The third-order valence-corrected chi connectivity index (χ3v) is 6.89. The Labute approximate surface area is 213 Å². The summed E-state index contributed by atoms with van der Waals surface area (Å²) in [6.45, 7) is 0.783. The van der Waals surface area contributed by atoms with Crippen LogP contribution in [0.3, 0.4) is 0 Å². The Hall–Kier alpha value is -2.97. The van der Waals surface area contributed by atoms with Gasteiger partial charge in [0.25, 0.3) is 5.91 Å². The maximum Gasteiger partial charge on any atom is 0.409 e. The molecule has 0 aromatic heterocycles. The van der Waals surface area contributed by atoms with E-state index in [-0.39, 0.29) is 44.3 Å². The Morgan fingerprint density at radius 2 is 1.81 bits per heavy atom. The van der Waals surface area contributed by atoms with Crippen molar-refractivity contribution in [2.45, 2.75) is 11.8 Å². The molecule has 0 atom stereocenters. The van der Waals surface area contributed by atoms with Crippen LogP contribution in [-0.4, -0.2) is 81.3 Å². The van der Waals surface area contributed by atoms with E-state index in [0.29, 0.717) is 9.33 Å². The van der Waals surface area contributed by atoms with E-state index in [2.05, 4.69) is 0 Å². The van der Waals surface area contributed by atoms with Gasteiger partial charge in [-0.3, -0.25) is 10.0 Å². The lowest BCUT2D eigenvalue weighted by Crippen LogP contribution is -2.45. The average molecular weight is 548 g/mol. The molecule has 2 aromatic carbocycles. The molecule has 36 heavy (non-hydrogen) atoms. The van der Waals surface area contributed by atoms with Crippen molar-refractivity contribution in [1.82, 2.24) is 14.7 Å². The topological polar surface area (TPSA) is 135 Å². The molecule has 2 aromatic rings. The minimum atomic E-state index is -4.42. The van der Waals surface area contributed by atoms with Gasteiger partial charge in [-0.1, -0.05) is 11.6 Å². The molecule has 0 aliphatic carbocycles. The van der Waals surface area contributed by atoms with E-state index in [9.17, 15) is 22.4 Å². The quantitative estimate of drug-likeness (QED) is 0.222. The van der Waals surface area contributed by atoms with Gasteiger partial charge in [-0.05, 0) is 49.4 Å². The minimum absolute atomic E-state index is 0.00445. The van der Waals surface area contributed by atoms with Crippen LogP contribution in [0.2, 0.25) is 5.02 Å². The van der Waals surface area contributed by atoms with Gasteiger partial charge in [0, 0.05) is 31.8 Å². The summed E-state index contributed by atoms with van der Waals surface area (Å²) >= 11 is 5.81. The summed E-state index contributed by atoms with van der Waals surface area (Å²) < 4.78 is 57.1. The number of hydrogen-bond donors (Lipinski definition) is 2. The Kier molecular flexibility index (Phi) is 11.3. The highest BCUT2D eigenvalue weighted by Gasteiger charge is 2.29. The largest absolute Gasteiger partial charge is 0.454 e. The molecule has 0 aliphatic heterocycles. The van der Waals surface area contributed by atoms with Crippen molar-refractivity contribution in [2.75, 3.05) is 46.5 Å². The lowest BCUT2D eigenvalue weighted by molar-refractivity contribution is -0.129. The van der Waals surface area contributed by atoms with Gasteiger partial charge in [0.1, 0.15) is 12.4 Å². The van der Waals surface area contributed by atoms with Gasteiger partial charge in [0.15, 0.2) is 11.6 Å². The predicted molar refractivity (Wildman–Crippen MR) is 127 cm³/mol. The Morgan fingerprint density at radius 1 is 1.11 bits per heavy atom. The van der Waals surface area contributed by atoms with Crippen molar-refractivity contribution in [1.29, 1.82) is 0 Å². The predicted octanol–water partition coefficient (Wildman–Crippen LogP) is 2.87. The number of methoxy groups -OCH3 is 1. The zero-order valence-corrected chi connectivity index (χ0v) is 21.2. The monoisotopic (exact) mass is 547 g/mol. The number of halogens is 2. The summed E-state index contributed by atoms with van der Waals surface area (Å²) in [5.74, 6) is -1.93. The molecule has 2 amide bonds. The van der Waals surface area contributed by atoms with Crippen molar-refractivity contribution >= 4 is 33.6 Å². The SMILES string of the molecule is CCN(CCN(CC(=O)NO)S(=O)(=O)c1ccc(Oc2ccc(Cl)cc2)c(F)c1)C(=O)OCCOC. The molecular weight excluding hydrogens is 521 g/mol. The molecule has 11 nitrogen and oxygen atoms in total. The minimum Gasteiger partial charge on any atom is -0.454 e. The van der Waals surface area contributed by atoms with Crippen LogP contribution < -0.4 is 10.2 Å². The van der Waals surface area contributed by atoms with E-state index in [1.165, 1.54) is 29.6 Å². The number of rotatable bonds is 13. The third kappa shape index (κ3) is 8.31. The van der Waals surface area contributed by atoms with E-state index >= 15 is 0 Å². The van der Waals surface area contributed by atoms with Crippen LogP contribution in [0.15, 0.2) is 47.4 Å². The van der Waals surface area contributed by atoms with Crippen molar-refractivity contribution < 1.29 is 41.8 Å². The highest BCUT2D eigenvalue weighted by atomic mass is 35.5. The van der Waals surface area contributed by atoms with E-state index in [0.717, 1.165) is 18.2 Å². The van der Waals surface area contributed by atoms with Crippen LogP contribution >= 0.6 is 11.6 Å². The number of amides is 2. The van der Waals surface area contributed by atoms with Crippen molar-refractivity contribution in [3.05, 3.63) is 53.3 Å². The standard InChI is InChI=1S/C22H27ClFN3O8S/c1-3-26(22(29)34-13-12-33-2)10-11-27(15-21(28)25-30)36(31,32)18-8-9-20(19(24)14-18)35-17-6-4-16(23)5-7-17/h4-9,14,30H,3,10-13,15H2,1-2H3,(H,25,28). The van der Waals surface area contributed by atoms with Crippen molar-refractivity contribution in [3.8, 4) is 11.5 Å². The maximum atomic E-state index is 14.7. The summed E-state index contributed by atoms with van der Waals surface area (Å²) in [5, 5.41) is 9.35. The molecular formula is C22H27ClFN3O8S. The number of nitrogens with zero attached hydrogens (tertiary/aromatic N) is 2. The van der Waals surface area contributed by atoms with Gasteiger partial charge < -0.3 is 19.1 Å². The number of nitrogens with one attached hydrogen (secondary N) is 1. The zero-order valence-electron chi connectivity index (χ0n) is 19.6. The third-order valence-electron chi connectivity index (χ3n) is 4.80. The molecule has 0 saturated carbocycles. The number of carbonyl (C=O) groups excluding carboxylic acids is 2. The highest BCUT2D eigenvalue weighted by Crippen LogP contribution is 2.28. The van der Waals surface area contributed by atoms with E-state index in [1.54, 1.807) is 19.1 Å². The molecule has 0 fully saturated rings. The summed E-state index contributed by atoms with van der Waals surface area (Å²) in [5.41, 5.74) is 1.36. The number of benzene rings is 2. The molecule has 2 N–H and O–H groups in total. The first-order valence-corrected chi connectivity index (χ1v) is 12.5. The maximum absolute atomic E-state index is 14.7. The summed E-state index contributed by atoms with van der Waals surface area (Å²) in [4.78, 5) is 24.7. The second kappa shape index (κ2) is 13.9. The first-order valence-electron chi connectivity index (χ1n) is 10.7. The molecule has 2 rings (SSSR count). The van der Waals surface area contributed by atoms with E-state index in [1.807, 2.05) is 0 Å². The summed E-state index contributed by atoms with van der Waals surface area (Å²) in [7, 11) is -2.98. The van der Waals surface area contributed by atoms with E-state index < -0.39 is 39.3 Å². The zero-order chi connectivity index (χ0) is 26.7. The summed E-state index contributed by atoms with van der Waals surface area (Å²) in [6.07, 6.45) is -0.701. The molecule has 0 saturated heterocycles. The van der Waals surface area contributed by atoms with Crippen LogP contribution in [0.5, 0.6) is 11.5 Å². The molecule has 0 spiro atoms. The molecule has 0 unspecified atom stereocenters. The smallest absolute Gasteiger partial charge is 0.409 e. The second-order valence-corrected chi connectivity index (χ2v) is 9.58. The van der Waals surface area contributed by atoms with Gasteiger partial charge in [-0.15, -0.1) is 0 Å². The molecule has 0 radical (unpaired) electrons. The van der Waals surface area contributed by atoms with Crippen LogP contribution in [-0.2, 0) is 24.3 Å². The number of hydroxylamine groups is 1. The van der Waals surface area contributed by atoms with Crippen LogP contribution in [0, 0.1) is 5.82 Å². The normalized spacial score (nSPS) is 11.3. The summed E-state index contributed by atoms with van der Waals surface area (Å²) in [6, 6.07) is 9.12. The number of carbonyl (C=O) groups is 2. The fourth-order valence-electron chi connectivity index (χ4n) is 2.90. The first kappa shape index (κ1) is 29.3. The van der Waals surface area contributed by atoms with Gasteiger partial charge >= 0.3 is 6.09 Å². The second-order valence-electron chi connectivity index (χ2n) is 7.21.